The number of fused-ring (bicyclic) bond motifs is 1. The molecule has 0 spiro atoms. The maximum absolute atomic E-state index is 13.3. The van der Waals surface area contributed by atoms with Gasteiger partial charge in [0.15, 0.2) is 5.65 Å². The number of likely N-dealkylation sites (N-methyl/N-ethyl adjacent to an activating group) is 1. The highest BCUT2D eigenvalue weighted by molar-refractivity contribution is 6.31. The van der Waals surface area contributed by atoms with Gasteiger partial charge in [-0.25, -0.2) is 19.9 Å². The Bertz CT molecular complexity index is 2540. The smallest absolute Gasteiger partial charge is 0.254 e. The van der Waals surface area contributed by atoms with E-state index in [0.29, 0.717) is 106 Å². The monoisotopic (exact) mass is 1010 g/mol. The van der Waals surface area contributed by atoms with Gasteiger partial charge >= 0.3 is 0 Å². The van der Waals surface area contributed by atoms with Crippen molar-refractivity contribution in [3.63, 3.8) is 0 Å². The van der Waals surface area contributed by atoms with Crippen molar-refractivity contribution >= 4 is 40.7 Å². The van der Waals surface area contributed by atoms with Crippen LogP contribution in [0.1, 0.15) is 87.4 Å². The number of aryl methyl sites for hydroxylation is 1. The molecule has 3 N–H and O–H groups in total. The normalized spacial score (nSPS) is 18.0. The molecule has 388 valence electrons. The van der Waals surface area contributed by atoms with Crippen LogP contribution in [-0.4, -0.2) is 145 Å². The second kappa shape index (κ2) is 25.7. The van der Waals surface area contributed by atoms with Gasteiger partial charge in [0.1, 0.15) is 36.2 Å². The molecular formula is C52H70ClN11O8. The Morgan fingerprint density at radius 2 is 1.60 bits per heavy atom. The van der Waals surface area contributed by atoms with Crippen LogP contribution in [0.2, 0.25) is 5.02 Å². The number of pyridine rings is 1. The molecule has 5 aromatic rings. The Labute approximate surface area is 427 Å². The van der Waals surface area contributed by atoms with Gasteiger partial charge in [-0.2, -0.15) is 14.9 Å². The first-order chi connectivity index (χ1) is 34.8. The Kier molecular flexibility index (Phi) is 19.2. The standard InChI is InChI=1S/C52H70ClN11O8/c1-7-37-35-59-64-43(29-44(60-46(37)64)63-16-9-8-10-40(63)15-18-65)55-31-36-11-14-45(56-32-36)71-27-26-70-25-24-69-23-22-68-21-20-67-19-17-62(6)50-57-33-39(34-58-50)47(66)61-48-51(2,3)49(52(48,4)5)72-41-13-12-38(30-54)42(53)28-41/h11-14,28-29,32-35,40,48-49,55,65H,7-10,15-27,31H2,1-6H3,(H,61,66). The zero-order chi connectivity index (χ0) is 51.1. The zero-order valence-electron chi connectivity index (χ0n) is 42.4. The second-order valence-electron chi connectivity index (χ2n) is 19.3. The molecule has 72 heavy (non-hydrogen) atoms. The van der Waals surface area contributed by atoms with E-state index >= 15 is 0 Å². The minimum atomic E-state index is -0.396. The number of rotatable bonds is 28. The molecule has 1 saturated carbocycles. The number of hydrogen-bond donors (Lipinski definition) is 3. The van der Waals surface area contributed by atoms with E-state index in [9.17, 15) is 15.2 Å². The van der Waals surface area contributed by atoms with E-state index in [4.69, 9.17) is 45.0 Å². The Morgan fingerprint density at radius 1 is 0.903 bits per heavy atom. The van der Waals surface area contributed by atoms with E-state index in [0.717, 1.165) is 60.6 Å². The summed E-state index contributed by atoms with van der Waals surface area (Å²) in [4.78, 5) is 35.9. The Hall–Kier alpha value is -5.88. The number of nitrogens with one attached hydrogen (secondary N) is 2. The van der Waals surface area contributed by atoms with Crippen LogP contribution in [-0.2, 0) is 31.9 Å². The molecule has 5 heterocycles. The molecule has 7 rings (SSSR count). The number of hydrogen-bond acceptors (Lipinski definition) is 17. The number of piperidine rings is 1. The van der Waals surface area contributed by atoms with Gasteiger partial charge in [0.05, 0.1) is 75.2 Å². The number of nitrogens with zero attached hydrogens (tertiary/aromatic N) is 9. The molecule has 1 aliphatic heterocycles. The minimum Gasteiger partial charge on any atom is -0.489 e. The van der Waals surface area contributed by atoms with E-state index < -0.39 is 10.8 Å². The molecule has 2 fully saturated rings. The highest BCUT2D eigenvalue weighted by Crippen LogP contribution is 2.55. The quantitative estimate of drug-likeness (QED) is 0.0453. The van der Waals surface area contributed by atoms with Gasteiger partial charge < -0.3 is 54.0 Å². The largest absolute Gasteiger partial charge is 0.489 e. The van der Waals surface area contributed by atoms with Crippen molar-refractivity contribution in [1.82, 2.24) is 34.9 Å². The predicted octanol–water partition coefficient (Wildman–Crippen LogP) is 6.55. The van der Waals surface area contributed by atoms with Crippen LogP contribution in [0.3, 0.4) is 0 Å². The number of halogens is 1. The predicted molar refractivity (Wildman–Crippen MR) is 274 cm³/mol. The molecule has 2 aliphatic rings. The van der Waals surface area contributed by atoms with Crippen molar-refractivity contribution in [3.05, 3.63) is 88.5 Å². The SMILES string of the molecule is CCc1cnn2c(NCc3ccc(OCCOCCOCCOCCOCCN(C)c4ncc(C(=O)NC5C(C)(C)C(Oc6ccc(C#N)c(Cl)c6)C5(C)C)cn4)nc3)cc(N3CCCCC3CCO)nc12. The van der Waals surface area contributed by atoms with Crippen molar-refractivity contribution in [2.75, 3.05) is 101 Å². The third-order valence-electron chi connectivity index (χ3n) is 13.4. The lowest BCUT2D eigenvalue weighted by Gasteiger charge is -2.63. The third-order valence-corrected chi connectivity index (χ3v) is 13.7. The van der Waals surface area contributed by atoms with Crippen LogP contribution in [0, 0.1) is 22.2 Å². The summed E-state index contributed by atoms with van der Waals surface area (Å²) in [6.45, 7) is 16.4. The molecule has 20 heteroatoms. The minimum absolute atomic E-state index is 0.165. The lowest BCUT2D eigenvalue weighted by molar-refractivity contribution is -0.164. The lowest BCUT2D eigenvalue weighted by atomic mass is 9.49. The van der Waals surface area contributed by atoms with Crippen molar-refractivity contribution in [1.29, 1.82) is 5.26 Å². The van der Waals surface area contributed by atoms with Gasteiger partial charge in [0.25, 0.3) is 5.91 Å². The average Bonchev–Trinajstić information content (AvgIpc) is 3.81. The highest BCUT2D eigenvalue weighted by Gasteiger charge is 2.64. The van der Waals surface area contributed by atoms with Crippen molar-refractivity contribution < 1.29 is 38.3 Å². The summed E-state index contributed by atoms with van der Waals surface area (Å²) < 4.78 is 36.7. The van der Waals surface area contributed by atoms with Crippen LogP contribution in [0.4, 0.5) is 17.6 Å². The van der Waals surface area contributed by atoms with E-state index in [1.54, 1.807) is 24.4 Å². The van der Waals surface area contributed by atoms with E-state index in [1.165, 1.54) is 18.8 Å². The van der Waals surface area contributed by atoms with Gasteiger partial charge in [-0.05, 0) is 49.8 Å². The summed E-state index contributed by atoms with van der Waals surface area (Å²) in [7, 11) is 1.87. The van der Waals surface area contributed by atoms with E-state index in [2.05, 4.69) is 82.3 Å². The van der Waals surface area contributed by atoms with E-state index in [-0.39, 0.29) is 30.7 Å². The first-order valence-electron chi connectivity index (χ1n) is 24.9. The maximum Gasteiger partial charge on any atom is 0.254 e. The number of benzene rings is 1. The maximum atomic E-state index is 13.3. The van der Waals surface area contributed by atoms with Gasteiger partial charge in [0, 0.05) is 98.6 Å². The fourth-order valence-electron chi connectivity index (χ4n) is 9.78. The highest BCUT2D eigenvalue weighted by atomic mass is 35.5. The molecule has 1 aliphatic carbocycles. The summed E-state index contributed by atoms with van der Waals surface area (Å²) in [5.41, 5.74) is 2.90. The van der Waals surface area contributed by atoms with Crippen molar-refractivity contribution in [3.8, 4) is 17.7 Å². The molecule has 19 nitrogen and oxygen atoms in total. The molecule has 1 saturated heterocycles. The molecule has 0 radical (unpaired) electrons. The van der Waals surface area contributed by atoms with Crippen LogP contribution in [0.25, 0.3) is 5.65 Å². The zero-order valence-corrected chi connectivity index (χ0v) is 43.2. The fourth-order valence-corrected chi connectivity index (χ4v) is 9.99. The Morgan fingerprint density at radius 3 is 2.24 bits per heavy atom. The van der Waals surface area contributed by atoms with Gasteiger partial charge in [-0.15, -0.1) is 0 Å². The summed E-state index contributed by atoms with van der Waals surface area (Å²) in [6.07, 6.45) is 11.4. The number of carbonyl (C=O) groups is 1. The molecular weight excluding hydrogens is 942 g/mol. The number of aliphatic hydroxyl groups excluding tert-OH is 1. The number of aromatic nitrogens is 6. The van der Waals surface area contributed by atoms with Crippen LogP contribution in [0.5, 0.6) is 11.6 Å². The van der Waals surface area contributed by atoms with Crippen LogP contribution in [0.15, 0.2) is 61.2 Å². The fraction of sp³-hybridized carbons (Fsp3) is 0.558. The third kappa shape index (κ3) is 13.6. The number of carbonyl (C=O) groups excluding carboxylic acids is 1. The number of aliphatic hydroxyl groups is 1. The molecule has 1 unspecified atom stereocenters. The number of amides is 1. The lowest BCUT2D eigenvalue weighted by Crippen LogP contribution is -2.74. The van der Waals surface area contributed by atoms with Crippen molar-refractivity contribution in [2.45, 2.75) is 91.5 Å². The molecule has 4 aromatic heterocycles. The number of ether oxygens (including phenoxy) is 6. The number of nitriles is 1. The Balaban J connectivity index is 0.699. The first-order valence-corrected chi connectivity index (χ1v) is 25.3. The molecule has 1 amide bonds. The van der Waals surface area contributed by atoms with Gasteiger partial charge in [-0.3, -0.25) is 4.79 Å². The first kappa shape index (κ1) is 53.9. The van der Waals surface area contributed by atoms with Gasteiger partial charge in [-0.1, -0.05) is 52.3 Å². The summed E-state index contributed by atoms with van der Waals surface area (Å²) in [6, 6.07) is 13.1. The molecule has 1 atom stereocenters. The topological polar surface area (TPSA) is 216 Å². The summed E-state index contributed by atoms with van der Waals surface area (Å²) in [5.74, 6) is 3.09. The number of anilines is 3. The van der Waals surface area contributed by atoms with Crippen LogP contribution >= 0.6 is 11.6 Å². The van der Waals surface area contributed by atoms with Gasteiger partial charge in [0.2, 0.25) is 11.8 Å². The molecule has 1 aromatic carbocycles. The summed E-state index contributed by atoms with van der Waals surface area (Å²) >= 11 is 6.23. The summed E-state index contributed by atoms with van der Waals surface area (Å²) in [5, 5.41) is 30.6. The second-order valence-corrected chi connectivity index (χ2v) is 19.7. The van der Waals surface area contributed by atoms with E-state index in [1.807, 2.05) is 34.8 Å². The molecule has 0 bridgehead atoms. The average molecular weight is 1010 g/mol. The van der Waals surface area contributed by atoms with Crippen molar-refractivity contribution in [2.24, 2.45) is 10.8 Å². The van der Waals surface area contributed by atoms with Crippen LogP contribution < -0.4 is 29.9 Å².